The lowest BCUT2D eigenvalue weighted by atomic mass is 9.97. The maximum atomic E-state index is 12.3. The zero-order chi connectivity index (χ0) is 24.7. The number of allylic oxidation sites excluding steroid dienone is 2. The van der Waals surface area contributed by atoms with Gasteiger partial charge in [-0.15, -0.1) is 0 Å². The molecule has 6 atom stereocenters. The number of aliphatic hydroxyl groups is 5. The number of carbonyl (C=O) groups excluding carboxylic acids is 1. The van der Waals surface area contributed by atoms with Gasteiger partial charge in [0.15, 0.2) is 6.10 Å². The molecule has 1 aliphatic rings. The number of hydrogen-bond acceptors (Lipinski definition) is 8. The molecule has 5 N–H and O–H groups in total. The van der Waals surface area contributed by atoms with Gasteiger partial charge in [0.1, 0.15) is 18.3 Å². The summed E-state index contributed by atoms with van der Waals surface area (Å²) in [7, 11) is 0. The largest absolute Gasteiger partial charge is 0.405 e. The molecule has 0 aromatic carbocycles. The van der Waals surface area contributed by atoms with E-state index < -0.39 is 48.9 Å². The van der Waals surface area contributed by atoms with E-state index in [1.165, 1.54) is 38.5 Å². The fraction of sp³-hybridized carbons (Fsp3) is 0.880. The molecule has 33 heavy (non-hydrogen) atoms. The average Bonchev–Trinajstić information content (AvgIpc) is 2.80. The fourth-order valence-electron chi connectivity index (χ4n) is 3.92. The maximum absolute atomic E-state index is 12.3. The van der Waals surface area contributed by atoms with Crippen molar-refractivity contribution in [3.05, 3.63) is 12.2 Å². The molecule has 8 heteroatoms. The highest BCUT2D eigenvalue weighted by atomic mass is 16.8. The summed E-state index contributed by atoms with van der Waals surface area (Å²) in [6.45, 7) is 3.16. The molecule has 1 saturated heterocycles. The molecule has 8 nitrogen and oxygen atoms in total. The second-order valence-corrected chi connectivity index (χ2v) is 9.24. The zero-order valence-electron chi connectivity index (χ0n) is 20.4. The Labute approximate surface area is 198 Å². The minimum absolute atomic E-state index is 0.543. The Balaban J connectivity index is 2.17. The number of hydrogen-bond donors (Lipinski definition) is 5. The molecule has 0 spiro atoms. The summed E-state index contributed by atoms with van der Waals surface area (Å²) in [5.74, 6) is -4.15. The van der Waals surface area contributed by atoms with Crippen LogP contribution in [0.3, 0.4) is 0 Å². The van der Waals surface area contributed by atoms with E-state index in [0.717, 1.165) is 38.5 Å². The van der Waals surface area contributed by atoms with Crippen LogP contribution in [0.25, 0.3) is 0 Å². The molecular weight excluding hydrogens is 428 g/mol. The third-order valence-electron chi connectivity index (χ3n) is 6.23. The predicted molar refractivity (Wildman–Crippen MR) is 125 cm³/mol. The van der Waals surface area contributed by atoms with Crippen molar-refractivity contribution in [1.82, 2.24) is 0 Å². The first-order valence-corrected chi connectivity index (χ1v) is 12.7. The van der Waals surface area contributed by atoms with E-state index in [1.54, 1.807) is 6.92 Å². The van der Waals surface area contributed by atoms with Crippen LogP contribution in [0, 0.1) is 5.92 Å². The molecule has 1 rings (SSSR count). The van der Waals surface area contributed by atoms with Crippen molar-refractivity contribution in [3.8, 4) is 0 Å². The van der Waals surface area contributed by atoms with E-state index in [0.29, 0.717) is 6.42 Å². The molecule has 1 heterocycles. The van der Waals surface area contributed by atoms with Gasteiger partial charge >= 0.3 is 11.9 Å². The Bertz CT molecular complexity index is 553. The summed E-state index contributed by atoms with van der Waals surface area (Å²) in [5, 5.41) is 49.1. The molecule has 2 unspecified atom stereocenters. The molecule has 0 aromatic rings. The van der Waals surface area contributed by atoms with E-state index in [9.17, 15) is 30.3 Å². The number of esters is 1. The number of unbranched alkanes of at least 4 members (excludes halogenated alkanes) is 10. The highest BCUT2D eigenvalue weighted by molar-refractivity contribution is 5.72. The lowest BCUT2D eigenvalue weighted by Gasteiger charge is -2.44. The molecule has 0 bridgehead atoms. The Morgan fingerprint density at radius 3 is 2.06 bits per heavy atom. The first-order valence-electron chi connectivity index (χ1n) is 12.7. The van der Waals surface area contributed by atoms with Gasteiger partial charge in [-0.1, -0.05) is 77.4 Å². The number of ether oxygens (including phenoxy) is 2. The van der Waals surface area contributed by atoms with Gasteiger partial charge < -0.3 is 35.0 Å². The Morgan fingerprint density at radius 2 is 1.48 bits per heavy atom. The second-order valence-electron chi connectivity index (χ2n) is 9.24. The first kappa shape index (κ1) is 30.0. The molecule has 194 valence electrons. The minimum atomic E-state index is -2.82. The third-order valence-corrected chi connectivity index (χ3v) is 6.23. The molecule has 0 saturated carbocycles. The van der Waals surface area contributed by atoms with Crippen LogP contribution in [-0.4, -0.2) is 68.5 Å². The molecule has 0 radical (unpaired) electrons. The monoisotopic (exact) mass is 474 g/mol. The Hall–Kier alpha value is -1.03. The van der Waals surface area contributed by atoms with E-state index >= 15 is 0 Å². The Morgan fingerprint density at radius 1 is 0.939 bits per heavy atom. The van der Waals surface area contributed by atoms with Crippen LogP contribution in [0.1, 0.15) is 97.3 Å². The van der Waals surface area contributed by atoms with Crippen molar-refractivity contribution in [1.29, 1.82) is 0 Å². The quantitative estimate of drug-likeness (QED) is 0.0939. The summed E-state index contributed by atoms with van der Waals surface area (Å²) >= 11 is 0. The smallest absolute Gasteiger partial charge is 0.357 e. The van der Waals surface area contributed by atoms with Gasteiger partial charge in [-0.2, -0.15) is 0 Å². The van der Waals surface area contributed by atoms with Gasteiger partial charge in [-0.25, -0.2) is 0 Å². The highest BCUT2D eigenvalue weighted by Crippen LogP contribution is 2.30. The minimum Gasteiger partial charge on any atom is -0.405 e. The maximum Gasteiger partial charge on any atom is 0.357 e. The summed E-state index contributed by atoms with van der Waals surface area (Å²) in [6.07, 6.45) is 12.3. The predicted octanol–water partition coefficient (Wildman–Crippen LogP) is 2.93. The normalized spacial score (nSPS) is 28.8. The number of aliphatic hydroxyl groups excluding tert-OH is 4. The number of carbonyl (C=O) groups is 1. The SMILES string of the molecule is CCCCCCCC/C=C\CCCCCCC(C)C(=O)OC1(O)O[C@H](CO)[C@@H](O)[C@H](O)[C@H]1O. The average molecular weight is 475 g/mol. The standard InChI is InChI=1S/C25H46O8/c1-3-4-5-6-7-8-9-10-11-12-13-14-15-16-17-19(2)24(30)33-25(31)23(29)22(28)21(27)20(18-26)32-25/h10-11,19-23,26-29,31H,3-9,12-18H2,1-2H3/b11-10-/t19?,20-,21-,22+,23-,25?/m1/s1. The van der Waals surface area contributed by atoms with E-state index in [4.69, 9.17) is 9.47 Å². The van der Waals surface area contributed by atoms with Crippen LogP contribution in [0.4, 0.5) is 0 Å². The molecule has 0 amide bonds. The van der Waals surface area contributed by atoms with Gasteiger partial charge in [0.25, 0.3) is 0 Å². The van der Waals surface area contributed by atoms with Crippen LogP contribution in [0.5, 0.6) is 0 Å². The summed E-state index contributed by atoms with van der Waals surface area (Å²) in [6, 6.07) is 0. The zero-order valence-corrected chi connectivity index (χ0v) is 20.4. The van der Waals surface area contributed by atoms with E-state index in [2.05, 4.69) is 19.1 Å². The summed E-state index contributed by atoms with van der Waals surface area (Å²) in [5.41, 5.74) is 0. The van der Waals surface area contributed by atoms with Gasteiger partial charge in [-0.05, 0) is 32.1 Å². The summed E-state index contributed by atoms with van der Waals surface area (Å²) in [4.78, 5) is 12.3. The lowest BCUT2D eigenvalue weighted by molar-refractivity contribution is -0.434. The van der Waals surface area contributed by atoms with Crippen LogP contribution in [-0.2, 0) is 14.3 Å². The first-order chi connectivity index (χ1) is 15.8. The topological polar surface area (TPSA) is 137 Å². The van der Waals surface area contributed by atoms with Gasteiger partial charge in [0, 0.05) is 0 Å². The number of rotatable bonds is 17. The fourth-order valence-corrected chi connectivity index (χ4v) is 3.92. The second kappa shape index (κ2) is 16.6. The van der Waals surface area contributed by atoms with Crippen LogP contribution < -0.4 is 0 Å². The van der Waals surface area contributed by atoms with Crippen molar-refractivity contribution in [2.45, 2.75) is 128 Å². The van der Waals surface area contributed by atoms with Crippen molar-refractivity contribution in [2.24, 2.45) is 5.92 Å². The van der Waals surface area contributed by atoms with Crippen molar-refractivity contribution in [3.63, 3.8) is 0 Å². The van der Waals surface area contributed by atoms with Crippen LogP contribution >= 0.6 is 0 Å². The van der Waals surface area contributed by atoms with E-state index in [1.807, 2.05) is 0 Å². The van der Waals surface area contributed by atoms with Crippen molar-refractivity contribution < 1.29 is 39.8 Å². The molecule has 1 aliphatic heterocycles. The highest BCUT2D eigenvalue weighted by Gasteiger charge is 2.56. The van der Waals surface area contributed by atoms with Crippen LogP contribution in [0.15, 0.2) is 12.2 Å². The molecule has 0 aliphatic carbocycles. The summed E-state index contributed by atoms with van der Waals surface area (Å²) < 4.78 is 9.89. The molecular formula is C25H46O8. The lowest BCUT2D eigenvalue weighted by Crippen LogP contribution is -2.66. The Kier molecular flexibility index (Phi) is 15.1. The third kappa shape index (κ3) is 10.8. The molecule has 1 fully saturated rings. The molecule has 0 aromatic heterocycles. The van der Waals surface area contributed by atoms with Crippen LogP contribution in [0.2, 0.25) is 0 Å². The van der Waals surface area contributed by atoms with Crippen molar-refractivity contribution >= 4 is 5.97 Å². The van der Waals surface area contributed by atoms with E-state index in [-0.39, 0.29) is 0 Å². The van der Waals surface area contributed by atoms with Gasteiger partial charge in [0.2, 0.25) is 0 Å². The van der Waals surface area contributed by atoms with Crippen molar-refractivity contribution in [2.75, 3.05) is 6.61 Å². The van der Waals surface area contributed by atoms with Gasteiger partial charge in [0.05, 0.1) is 12.5 Å². The van der Waals surface area contributed by atoms with Gasteiger partial charge in [-0.3, -0.25) is 4.79 Å².